The van der Waals surface area contributed by atoms with Crippen LogP contribution in [0.25, 0.3) is 0 Å². The minimum Gasteiger partial charge on any atom is -0.481 e. The van der Waals surface area contributed by atoms with E-state index in [1.165, 1.54) is 24.3 Å². The van der Waals surface area contributed by atoms with E-state index >= 15 is 0 Å². The van der Waals surface area contributed by atoms with E-state index in [1.54, 1.807) is 6.92 Å². The van der Waals surface area contributed by atoms with Crippen molar-refractivity contribution in [3.05, 3.63) is 66.0 Å². The molecule has 1 amide bonds. The maximum absolute atomic E-state index is 13.0. The van der Waals surface area contributed by atoms with Crippen LogP contribution in [0.4, 0.5) is 4.39 Å². The Morgan fingerprint density at radius 3 is 2.48 bits per heavy atom. The Balaban J connectivity index is 1.75. The summed E-state index contributed by atoms with van der Waals surface area (Å²) in [5.41, 5.74) is 1.12. The summed E-state index contributed by atoms with van der Waals surface area (Å²) in [4.78, 5) is 17.1. The van der Waals surface area contributed by atoms with Crippen molar-refractivity contribution < 1.29 is 13.9 Å². The molecule has 3 rings (SSSR count). The highest BCUT2D eigenvalue weighted by atomic mass is 19.1. The van der Waals surface area contributed by atoms with Crippen molar-refractivity contribution in [3.63, 3.8) is 0 Å². The number of amides is 1. The van der Waals surface area contributed by atoms with Crippen LogP contribution >= 0.6 is 0 Å². The normalized spacial score (nSPS) is 19.5. The van der Waals surface area contributed by atoms with Gasteiger partial charge in [-0.1, -0.05) is 30.3 Å². The summed E-state index contributed by atoms with van der Waals surface area (Å²) in [5.74, 6) is 0.119. The molecule has 2 aromatic rings. The lowest BCUT2D eigenvalue weighted by atomic mass is 10.0. The topological polar surface area (TPSA) is 32.8 Å². The monoisotopic (exact) mass is 342 g/mol. The van der Waals surface area contributed by atoms with Gasteiger partial charge in [-0.3, -0.25) is 4.79 Å². The molecule has 0 aliphatic carbocycles. The molecule has 2 aromatic carbocycles. The summed E-state index contributed by atoms with van der Waals surface area (Å²) in [5, 5.41) is 0. The van der Waals surface area contributed by atoms with Crippen LogP contribution in [0.5, 0.6) is 5.75 Å². The number of piperazine rings is 1. The van der Waals surface area contributed by atoms with E-state index in [0.29, 0.717) is 12.3 Å². The number of nitrogens with zero attached hydrogens (tertiary/aromatic N) is 2. The molecule has 25 heavy (non-hydrogen) atoms. The van der Waals surface area contributed by atoms with Gasteiger partial charge in [-0.05, 0) is 43.8 Å². The molecule has 0 spiro atoms. The highest BCUT2D eigenvalue weighted by Crippen LogP contribution is 2.26. The molecule has 0 saturated carbocycles. The van der Waals surface area contributed by atoms with Gasteiger partial charge in [0, 0.05) is 19.6 Å². The van der Waals surface area contributed by atoms with E-state index in [-0.39, 0.29) is 17.8 Å². The van der Waals surface area contributed by atoms with Crippen molar-refractivity contribution in [3.8, 4) is 5.75 Å². The van der Waals surface area contributed by atoms with Crippen LogP contribution < -0.4 is 4.74 Å². The van der Waals surface area contributed by atoms with Gasteiger partial charge in [0.05, 0.1) is 6.04 Å². The Labute approximate surface area is 147 Å². The molecule has 0 N–H and O–H groups in total. The molecule has 2 atom stereocenters. The van der Waals surface area contributed by atoms with Crippen LogP contribution in [0.2, 0.25) is 0 Å². The van der Waals surface area contributed by atoms with Crippen molar-refractivity contribution in [1.82, 2.24) is 9.80 Å². The minimum absolute atomic E-state index is 0.00622. The smallest absolute Gasteiger partial charge is 0.263 e. The Hall–Kier alpha value is -2.40. The summed E-state index contributed by atoms with van der Waals surface area (Å²) in [6, 6.07) is 15.8. The van der Waals surface area contributed by atoms with Gasteiger partial charge in [-0.25, -0.2) is 4.39 Å². The van der Waals surface area contributed by atoms with Crippen molar-refractivity contribution >= 4 is 5.91 Å². The number of ether oxygens (including phenoxy) is 1. The largest absolute Gasteiger partial charge is 0.481 e. The molecule has 4 nitrogen and oxygen atoms in total. The number of benzene rings is 2. The quantitative estimate of drug-likeness (QED) is 0.856. The van der Waals surface area contributed by atoms with E-state index in [0.717, 1.165) is 18.7 Å². The molecule has 1 saturated heterocycles. The Morgan fingerprint density at radius 2 is 1.80 bits per heavy atom. The fourth-order valence-electron chi connectivity index (χ4n) is 3.14. The second-order valence-corrected chi connectivity index (χ2v) is 6.43. The first-order valence-electron chi connectivity index (χ1n) is 8.51. The van der Waals surface area contributed by atoms with Gasteiger partial charge in [0.1, 0.15) is 11.6 Å². The van der Waals surface area contributed by atoms with Gasteiger partial charge in [-0.2, -0.15) is 0 Å². The number of hydrogen-bond acceptors (Lipinski definition) is 3. The van der Waals surface area contributed by atoms with Crippen LogP contribution in [0.15, 0.2) is 54.6 Å². The van der Waals surface area contributed by atoms with Crippen molar-refractivity contribution in [2.45, 2.75) is 19.1 Å². The van der Waals surface area contributed by atoms with E-state index in [2.05, 4.69) is 24.1 Å². The predicted octanol–water partition coefficient (Wildman–Crippen LogP) is 3.11. The second-order valence-electron chi connectivity index (χ2n) is 6.43. The predicted molar refractivity (Wildman–Crippen MR) is 94.9 cm³/mol. The van der Waals surface area contributed by atoms with Gasteiger partial charge in [0.2, 0.25) is 0 Å². The van der Waals surface area contributed by atoms with Gasteiger partial charge in [-0.15, -0.1) is 0 Å². The zero-order valence-electron chi connectivity index (χ0n) is 14.6. The van der Waals surface area contributed by atoms with E-state index in [4.69, 9.17) is 4.74 Å². The van der Waals surface area contributed by atoms with E-state index in [1.807, 2.05) is 23.1 Å². The summed E-state index contributed by atoms with van der Waals surface area (Å²) in [7, 11) is 2.07. The fraction of sp³-hybridized carbons (Fsp3) is 0.350. The van der Waals surface area contributed by atoms with E-state index < -0.39 is 6.10 Å². The second kappa shape index (κ2) is 7.66. The number of carbonyl (C=O) groups excluding carboxylic acids is 1. The van der Waals surface area contributed by atoms with Crippen LogP contribution in [0.3, 0.4) is 0 Å². The number of rotatable bonds is 4. The lowest BCUT2D eigenvalue weighted by Crippen LogP contribution is -2.52. The highest BCUT2D eigenvalue weighted by Gasteiger charge is 2.33. The summed E-state index contributed by atoms with van der Waals surface area (Å²) in [6.07, 6.45) is -0.625. The van der Waals surface area contributed by atoms with Gasteiger partial charge in [0.15, 0.2) is 6.10 Å². The summed E-state index contributed by atoms with van der Waals surface area (Å²) in [6.45, 7) is 4.02. The van der Waals surface area contributed by atoms with Crippen LogP contribution in [-0.4, -0.2) is 48.5 Å². The molecule has 1 aliphatic rings. The van der Waals surface area contributed by atoms with Crippen LogP contribution in [-0.2, 0) is 4.79 Å². The number of hydrogen-bond donors (Lipinski definition) is 0. The average molecular weight is 342 g/mol. The molecular weight excluding hydrogens is 319 g/mol. The van der Waals surface area contributed by atoms with Gasteiger partial charge < -0.3 is 14.5 Å². The van der Waals surface area contributed by atoms with E-state index in [9.17, 15) is 9.18 Å². The first-order valence-corrected chi connectivity index (χ1v) is 8.51. The maximum Gasteiger partial charge on any atom is 0.263 e. The van der Waals surface area contributed by atoms with Gasteiger partial charge >= 0.3 is 0 Å². The first-order chi connectivity index (χ1) is 12.0. The number of halogens is 1. The number of carbonyl (C=O) groups is 1. The first kappa shape index (κ1) is 17.4. The zero-order valence-corrected chi connectivity index (χ0v) is 14.6. The maximum atomic E-state index is 13.0. The van der Waals surface area contributed by atoms with Crippen LogP contribution in [0.1, 0.15) is 18.5 Å². The lowest BCUT2D eigenvalue weighted by Gasteiger charge is -2.41. The molecular formula is C20H23FN2O2. The summed E-state index contributed by atoms with van der Waals surface area (Å²) >= 11 is 0. The molecule has 0 bridgehead atoms. The Morgan fingerprint density at radius 1 is 1.12 bits per heavy atom. The molecule has 5 heteroatoms. The lowest BCUT2D eigenvalue weighted by molar-refractivity contribution is -0.143. The van der Waals surface area contributed by atoms with Crippen molar-refractivity contribution in [2.75, 3.05) is 26.7 Å². The highest BCUT2D eigenvalue weighted by molar-refractivity contribution is 5.81. The average Bonchev–Trinajstić information content (AvgIpc) is 2.63. The third kappa shape index (κ3) is 4.17. The van der Waals surface area contributed by atoms with Crippen molar-refractivity contribution in [2.24, 2.45) is 0 Å². The zero-order chi connectivity index (χ0) is 17.8. The third-order valence-corrected chi connectivity index (χ3v) is 4.53. The molecule has 1 fully saturated rings. The SMILES string of the molecule is CC(Oc1ccc(F)cc1)C(=O)N1CCN(C)CC1c1ccccc1. The Kier molecular flexibility index (Phi) is 5.34. The molecule has 1 heterocycles. The van der Waals surface area contributed by atoms with Gasteiger partial charge in [0.25, 0.3) is 5.91 Å². The van der Waals surface area contributed by atoms with Crippen molar-refractivity contribution in [1.29, 1.82) is 0 Å². The molecule has 0 aromatic heterocycles. The summed E-state index contributed by atoms with van der Waals surface area (Å²) < 4.78 is 18.7. The molecule has 0 radical (unpaired) electrons. The fourth-order valence-corrected chi connectivity index (χ4v) is 3.14. The molecule has 132 valence electrons. The Bertz CT molecular complexity index is 705. The standard InChI is InChI=1S/C20H23FN2O2/c1-15(25-18-10-8-17(21)9-11-18)20(24)23-13-12-22(2)14-19(23)16-6-4-3-5-7-16/h3-11,15,19H,12-14H2,1-2H3. The molecule has 1 aliphatic heterocycles. The van der Waals surface area contributed by atoms with Crippen LogP contribution in [0, 0.1) is 5.82 Å². The third-order valence-electron chi connectivity index (χ3n) is 4.53. The molecule has 2 unspecified atom stereocenters. The minimum atomic E-state index is -0.625. The number of likely N-dealkylation sites (N-methyl/N-ethyl adjacent to an activating group) is 1.